The van der Waals surface area contributed by atoms with E-state index in [2.05, 4.69) is 31.3 Å². The molecule has 0 unspecified atom stereocenters. The molecule has 134 valence electrons. The molecule has 0 saturated carbocycles. The highest BCUT2D eigenvalue weighted by Gasteiger charge is 2.31. The Hall–Kier alpha value is -2.11. The lowest BCUT2D eigenvalue weighted by Gasteiger charge is -2.16. The van der Waals surface area contributed by atoms with Crippen molar-refractivity contribution in [2.24, 2.45) is 0 Å². The van der Waals surface area contributed by atoms with Gasteiger partial charge in [-0.05, 0) is 42.2 Å². The van der Waals surface area contributed by atoms with Gasteiger partial charge in [0.1, 0.15) is 4.32 Å². The fourth-order valence-electron chi connectivity index (χ4n) is 2.61. The Morgan fingerprint density at radius 2 is 1.77 bits per heavy atom. The summed E-state index contributed by atoms with van der Waals surface area (Å²) in [6, 6.07) is 16.4. The predicted octanol–water partition coefficient (Wildman–Crippen LogP) is 5.39. The smallest absolute Gasteiger partial charge is 0.267 e. The maximum Gasteiger partial charge on any atom is 0.267 e. The van der Waals surface area contributed by atoms with E-state index < -0.39 is 0 Å². The number of thiocarbonyl (C=S) groups is 1. The number of hydrogen-bond donors (Lipinski definition) is 1. The molecule has 3 nitrogen and oxygen atoms in total. The number of anilines is 1. The first kappa shape index (κ1) is 18.7. The van der Waals surface area contributed by atoms with Crippen molar-refractivity contribution in [2.75, 3.05) is 12.0 Å². The van der Waals surface area contributed by atoms with Gasteiger partial charge in [0.2, 0.25) is 0 Å². The number of thioether (sulfide) groups is 1. The van der Waals surface area contributed by atoms with Gasteiger partial charge >= 0.3 is 0 Å². The topological polar surface area (TPSA) is 32.3 Å². The molecule has 1 saturated heterocycles. The molecule has 1 heterocycles. The molecule has 26 heavy (non-hydrogen) atoms. The summed E-state index contributed by atoms with van der Waals surface area (Å²) in [6.45, 7) is 6.75. The van der Waals surface area contributed by atoms with Crippen LogP contribution in [0.15, 0.2) is 53.4 Å². The normalized spacial score (nSPS) is 16.0. The summed E-state index contributed by atoms with van der Waals surface area (Å²) >= 11 is 6.74. The second kappa shape index (κ2) is 8.06. The number of nitrogens with zero attached hydrogens (tertiary/aromatic N) is 1. The van der Waals surface area contributed by atoms with Crippen molar-refractivity contribution in [3.8, 4) is 0 Å². The van der Waals surface area contributed by atoms with Crippen LogP contribution in [0.3, 0.4) is 0 Å². The first-order valence-corrected chi connectivity index (χ1v) is 9.82. The lowest BCUT2D eigenvalue weighted by atomic mass is 10.0. The third kappa shape index (κ3) is 4.34. The van der Waals surface area contributed by atoms with Crippen LogP contribution in [0.4, 0.5) is 5.69 Å². The molecule has 2 aromatic rings. The number of benzene rings is 2. The molecule has 5 heteroatoms. The van der Waals surface area contributed by atoms with Gasteiger partial charge in [0, 0.05) is 5.69 Å². The van der Waals surface area contributed by atoms with Gasteiger partial charge in [0.05, 0.1) is 11.6 Å². The van der Waals surface area contributed by atoms with E-state index in [1.54, 1.807) is 4.90 Å². The van der Waals surface area contributed by atoms with E-state index in [4.69, 9.17) is 12.2 Å². The lowest BCUT2D eigenvalue weighted by molar-refractivity contribution is -0.121. The number of carbonyl (C=O) groups excluding carboxylic acids is 1. The van der Waals surface area contributed by atoms with E-state index in [1.165, 1.54) is 22.9 Å². The van der Waals surface area contributed by atoms with Gasteiger partial charge in [-0.15, -0.1) is 0 Å². The molecule has 0 radical (unpaired) electrons. The fourth-order valence-corrected chi connectivity index (χ4v) is 3.86. The third-order valence-electron chi connectivity index (χ3n) is 4.27. The fraction of sp³-hybridized carbons (Fsp3) is 0.238. The van der Waals surface area contributed by atoms with Crippen LogP contribution in [0.25, 0.3) is 6.08 Å². The standard InChI is InChI=1S/C21H22N2OS2/c1-14(2)17-8-6-16(7-9-17)12-19-20(24)23(21(25)26-19)13-22-18-10-4-15(3)5-11-18/h4-12,14,22H,13H2,1-3H3/b19-12-. The van der Waals surface area contributed by atoms with Gasteiger partial charge in [0.15, 0.2) is 0 Å². The Balaban J connectivity index is 1.68. The summed E-state index contributed by atoms with van der Waals surface area (Å²) in [5, 5.41) is 3.26. The summed E-state index contributed by atoms with van der Waals surface area (Å²) in [7, 11) is 0. The van der Waals surface area contributed by atoms with Gasteiger partial charge in [-0.3, -0.25) is 9.69 Å². The summed E-state index contributed by atoms with van der Waals surface area (Å²) in [5.74, 6) is 0.447. The zero-order valence-electron chi connectivity index (χ0n) is 15.2. The molecule has 0 spiro atoms. The summed E-state index contributed by atoms with van der Waals surface area (Å²) in [4.78, 5) is 15.0. The van der Waals surface area contributed by atoms with Crippen LogP contribution in [0, 0.1) is 6.92 Å². The Morgan fingerprint density at radius 3 is 2.38 bits per heavy atom. The van der Waals surface area contributed by atoms with E-state index in [-0.39, 0.29) is 5.91 Å². The molecule has 0 bridgehead atoms. The van der Waals surface area contributed by atoms with Crippen LogP contribution in [0.1, 0.15) is 36.5 Å². The molecule has 3 rings (SSSR count). The van der Waals surface area contributed by atoms with E-state index in [0.29, 0.717) is 21.8 Å². The van der Waals surface area contributed by atoms with Crippen LogP contribution < -0.4 is 5.32 Å². The van der Waals surface area contributed by atoms with Crippen molar-refractivity contribution in [3.05, 3.63) is 70.1 Å². The van der Waals surface area contributed by atoms with E-state index >= 15 is 0 Å². The Morgan fingerprint density at radius 1 is 1.12 bits per heavy atom. The van der Waals surface area contributed by atoms with Gasteiger partial charge in [-0.2, -0.15) is 0 Å². The molecule has 0 aliphatic carbocycles. The molecular weight excluding hydrogens is 360 g/mol. The van der Waals surface area contributed by atoms with Gasteiger partial charge in [-0.25, -0.2) is 0 Å². The highest BCUT2D eigenvalue weighted by atomic mass is 32.2. The monoisotopic (exact) mass is 382 g/mol. The third-order valence-corrected chi connectivity index (χ3v) is 5.65. The number of carbonyl (C=O) groups is 1. The van der Waals surface area contributed by atoms with Crippen LogP contribution in [0.5, 0.6) is 0 Å². The summed E-state index contributed by atoms with van der Waals surface area (Å²) < 4.78 is 0.583. The molecular formula is C21H22N2OS2. The molecule has 0 aromatic heterocycles. The largest absolute Gasteiger partial charge is 0.367 e. The van der Waals surface area contributed by atoms with Gasteiger partial charge in [0.25, 0.3) is 5.91 Å². The number of nitrogens with one attached hydrogen (secondary N) is 1. The first-order chi connectivity index (χ1) is 12.4. The van der Waals surface area contributed by atoms with E-state index in [1.807, 2.05) is 49.4 Å². The maximum absolute atomic E-state index is 12.7. The Kier molecular flexibility index (Phi) is 5.79. The molecule has 1 aliphatic rings. The second-order valence-electron chi connectivity index (χ2n) is 6.63. The van der Waals surface area contributed by atoms with Crippen LogP contribution in [0.2, 0.25) is 0 Å². The number of rotatable bonds is 5. The molecule has 1 N–H and O–H groups in total. The minimum absolute atomic E-state index is 0.0486. The van der Waals surface area contributed by atoms with Crippen molar-refractivity contribution < 1.29 is 4.79 Å². The Labute approximate surface area is 164 Å². The van der Waals surface area contributed by atoms with Crippen molar-refractivity contribution in [1.29, 1.82) is 0 Å². The highest BCUT2D eigenvalue weighted by Crippen LogP contribution is 2.32. The molecule has 1 amide bonds. The molecule has 1 fully saturated rings. The quantitative estimate of drug-likeness (QED) is 0.555. The zero-order valence-corrected chi connectivity index (χ0v) is 16.8. The average molecular weight is 383 g/mol. The predicted molar refractivity (Wildman–Crippen MR) is 115 cm³/mol. The number of aryl methyl sites for hydroxylation is 1. The summed E-state index contributed by atoms with van der Waals surface area (Å²) in [6.07, 6.45) is 1.91. The SMILES string of the molecule is Cc1ccc(NCN2C(=O)/C(=C/c3ccc(C(C)C)cc3)SC2=S)cc1. The minimum atomic E-state index is -0.0486. The molecule has 0 atom stereocenters. The first-order valence-electron chi connectivity index (χ1n) is 8.60. The average Bonchev–Trinajstić information content (AvgIpc) is 2.88. The van der Waals surface area contributed by atoms with Gasteiger partial charge < -0.3 is 5.32 Å². The molecule has 2 aromatic carbocycles. The van der Waals surface area contributed by atoms with Crippen LogP contribution >= 0.6 is 24.0 Å². The van der Waals surface area contributed by atoms with Gasteiger partial charge in [-0.1, -0.05) is 79.8 Å². The number of amides is 1. The highest BCUT2D eigenvalue weighted by molar-refractivity contribution is 8.26. The number of hydrogen-bond acceptors (Lipinski definition) is 4. The van der Waals surface area contributed by atoms with Crippen molar-refractivity contribution in [3.63, 3.8) is 0 Å². The van der Waals surface area contributed by atoms with Crippen molar-refractivity contribution in [2.45, 2.75) is 26.7 Å². The van der Waals surface area contributed by atoms with E-state index in [0.717, 1.165) is 11.3 Å². The van der Waals surface area contributed by atoms with Crippen molar-refractivity contribution >= 4 is 46.0 Å². The van der Waals surface area contributed by atoms with Crippen LogP contribution in [-0.2, 0) is 4.79 Å². The maximum atomic E-state index is 12.7. The zero-order chi connectivity index (χ0) is 18.7. The lowest BCUT2D eigenvalue weighted by Crippen LogP contribution is -2.33. The van der Waals surface area contributed by atoms with E-state index in [9.17, 15) is 4.79 Å². The summed E-state index contributed by atoms with van der Waals surface area (Å²) in [5.41, 5.74) is 4.48. The van der Waals surface area contributed by atoms with Crippen molar-refractivity contribution in [1.82, 2.24) is 4.90 Å². The van der Waals surface area contributed by atoms with Crippen LogP contribution in [-0.4, -0.2) is 21.8 Å². The molecule has 1 aliphatic heterocycles. The second-order valence-corrected chi connectivity index (χ2v) is 8.31. The Bertz CT molecular complexity index is 839. The minimum Gasteiger partial charge on any atom is -0.367 e.